The summed E-state index contributed by atoms with van der Waals surface area (Å²) >= 11 is 14.0. The molecule has 3 nitrogen and oxygen atoms in total. The Labute approximate surface area is 190 Å². The van der Waals surface area contributed by atoms with Crippen molar-refractivity contribution in [1.29, 1.82) is 0 Å². The highest BCUT2D eigenvalue weighted by Gasteiger charge is 2.11. The van der Waals surface area contributed by atoms with Gasteiger partial charge in [-0.3, -0.25) is 4.79 Å². The van der Waals surface area contributed by atoms with Gasteiger partial charge in [0, 0.05) is 56.4 Å². The SMILES string of the molecule is O=C(NCCn1cc(SCc2ccccc2Cl)c2ccccc21)c1ccc(Cl)cc1. The average molecular weight is 455 g/mol. The number of hydrogen-bond donors (Lipinski definition) is 1. The number of nitrogens with zero attached hydrogens (tertiary/aromatic N) is 1. The second kappa shape index (κ2) is 9.61. The van der Waals surface area contributed by atoms with E-state index in [-0.39, 0.29) is 5.91 Å². The molecule has 3 aromatic carbocycles. The van der Waals surface area contributed by atoms with E-state index in [2.05, 4.69) is 40.3 Å². The van der Waals surface area contributed by atoms with E-state index in [4.69, 9.17) is 23.2 Å². The maximum Gasteiger partial charge on any atom is 0.251 e. The Hall–Kier alpha value is -2.40. The fourth-order valence-corrected chi connectivity index (χ4v) is 4.78. The predicted octanol–water partition coefficient (Wildman–Crippen LogP) is 6.67. The van der Waals surface area contributed by atoms with Crippen LogP contribution in [0.4, 0.5) is 0 Å². The van der Waals surface area contributed by atoms with E-state index in [1.807, 2.05) is 24.3 Å². The Morgan fingerprint density at radius 2 is 1.67 bits per heavy atom. The summed E-state index contributed by atoms with van der Waals surface area (Å²) in [6.45, 7) is 1.22. The number of thioether (sulfide) groups is 1. The minimum Gasteiger partial charge on any atom is -0.350 e. The standard InChI is InChI=1S/C24H20Cl2N2OS/c25-19-11-9-17(10-12-19)24(29)27-13-14-28-15-23(20-6-2-4-8-22(20)28)30-16-18-5-1-3-7-21(18)26/h1-12,15H,13-14,16H2,(H,27,29). The fourth-order valence-electron chi connectivity index (χ4n) is 3.28. The van der Waals surface area contributed by atoms with Crippen molar-refractivity contribution in [3.63, 3.8) is 0 Å². The zero-order chi connectivity index (χ0) is 20.9. The first-order chi connectivity index (χ1) is 14.6. The van der Waals surface area contributed by atoms with Crippen molar-refractivity contribution in [1.82, 2.24) is 9.88 Å². The molecular formula is C24H20Cl2N2OS. The molecule has 0 bridgehead atoms. The zero-order valence-corrected chi connectivity index (χ0v) is 18.5. The van der Waals surface area contributed by atoms with Crippen LogP contribution < -0.4 is 5.32 Å². The van der Waals surface area contributed by atoms with Crippen LogP contribution in [0, 0.1) is 0 Å². The Bertz CT molecular complexity index is 1170. The van der Waals surface area contributed by atoms with Crippen molar-refractivity contribution in [2.75, 3.05) is 6.54 Å². The number of hydrogen-bond acceptors (Lipinski definition) is 2. The first-order valence-electron chi connectivity index (χ1n) is 9.59. The molecule has 0 aliphatic heterocycles. The molecule has 152 valence electrons. The van der Waals surface area contributed by atoms with Crippen molar-refractivity contribution in [3.8, 4) is 0 Å². The van der Waals surface area contributed by atoms with Gasteiger partial charge in [-0.2, -0.15) is 0 Å². The summed E-state index contributed by atoms with van der Waals surface area (Å²) in [6.07, 6.45) is 2.15. The largest absolute Gasteiger partial charge is 0.350 e. The Morgan fingerprint density at radius 3 is 2.47 bits per heavy atom. The Morgan fingerprint density at radius 1 is 0.933 bits per heavy atom. The van der Waals surface area contributed by atoms with Gasteiger partial charge in [-0.25, -0.2) is 0 Å². The monoisotopic (exact) mass is 454 g/mol. The lowest BCUT2D eigenvalue weighted by atomic mass is 10.2. The summed E-state index contributed by atoms with van der Waals surface area (Å²) in [5.74, 6) is 0.706. The quantitative estimate of drug-likeness (QED) is 0.316. The van der Waals surface area contributed by atoms with Crippen LogP contribution in [0.25, 0.3) is 10.9 Å². The van der Waals surface area contributed by atoms with Crippen LogP contribution in [0.5, 0.6) is 0 Å². The molecular weight excluding hydrogens is 435 g/mol. The number of benzene rings is 3. The first-order valence-corrected chi connectivity index (χ1v) is 11.3. The van der Waals surface area contributed by atoms with E-state index in [0.717, 1.165) is 21.9 Å². The summed E-state index contributed by atoms with van der Waals surface area (Å²) in [4.78, 5) is 13.5. The minimum absolute atomic E-state index is 0.101. The van der Waals surface area contributed by atoms with Crippen LogP contribution in [-0.2, 0) is 12.3 Å². The lowest BCUT2D eigenvalue weighted by molar-refractivity contribution is 0.0952. The summed E-state index contributed by atoms with van der Waals surface area (Å²) in [5.41, 5.74) is 2.88. The highest BCUT2D eigenvalue weighted by atomic mass is 35.5. The number of fused-ring (bicyclic) bond motifs is 1. The topological polar surface area (TPSA) is 34.0 Å². The lowest BCUT2D eigenvalue weighted by Crippen LogP contribution is -2.27. The van der Waals surface area contributed by atoms with Crippen molar-refractivity contribution in [2.24, 2.45) is 0 Å². The van der Waals surface area contributed by atoms with E-state index in [0.29, 0.717) is 23.7 Å². The molecule has 6 heteroatoms. The number of nitrogens with one attached hydrogen (secondary N) is 1. The highest BCUT2D eigenvalue weighted by Crippen LogP contribution is 2.33. The number of halogens is 2. The van der Waals surface area contributed by atoms with Crippen molar-refractivity contribution < 1.29 is 4.79 Å². The van der Waals surface area contributed by atoms with Crippen molar-refractivity contribution in [3.05, 3.63) is 100 Å². The van der Waals surface area contributed by atoms with Crippen LogP contribution in [0.1, 0.15) is 15.9 Å². The minimum atomic E-state index is -0.101. The number of carbonyl (C=O) groups is 1. The van der Waals surface area contributed by atoms with Gasteiger partial charge in [0.2, 0.25) is 0 Å². The lowest BCUT2D eigenvalue weighted by Gasteiger charge is -2.08. The summed E-state index contributed by atoms with van der Waals surface area (Å²) in [7, 11) is 0. The number of rotatable bonds is 7. The molecule has 0 unspecified atom stereocenters. The summed E-state index contributed by atoms with van der Waals surface area (Å²) in [6, 6.07) is 23.2. The molecule has 1 N–H and O–H groups in total. The third kappa shape index (κ3) is 4.84. The second-order valence-electron chi connectivity index (χ2n) is 6.85. The maximum atomic E-state index is 12.3. The molecule has 0 aliphatic rings. The highest BCUT2D eigenvalue weighted by molar-refractivity contribution is 7.98. The van der Waals surface area contributed by atoms with Crippen LogP contribution in [0.3, 0.4) is 0 Å². The van der Waals surface area contributed by atoms with Gasteiger partial charge in [0.05, 0.1) is 0 Å². The van der Waals surface area contributed by atoms with E-state index in [9.17, 15) is 4.79 Å². The smallest absolute Gasteiger partial charge is 0.251 e. The molecule has 0 radical (unpaired) electrons. The van der Waals surface area contributed by atoms with Crippen molar-refractivity contribution >= 4 is 51.8 Å². The van der Waals surface area contributed by atoms with Gasteiger partial charge in [-0.15, -0.1) is 11.8 Å². The van der Waals surface area contributed by atoms with Crippen LogP contribution in [0.15, 0.2) is 83.9 Å². The number of aromatic nitrogens is 1. The van der Waals surface area contributed by atoms with Gasteiger partial charge in [-0.1, -0.05) is 59.6 Å². The third-order valence-corrected chi connectivity index (χ3v) is 6.55. The molecule has 30 heavy (non-hydrogen) atoms. The van der Waals surface area contributed by atoms with Gasteiger partial charge in [-0.05, 0) is 42.0 Å². The van der Waals surface area contributed by atoms with E-state index >= 15 is 0 Å². The molecule has 1 heterocycles. The normalized spacial score (nSPS) is 11.0. The zero-order valence-electron chi connectivity index (χ0n) is 16.1. The molecule has 0 saturated carbocycles. The van der Waals surface area contributed by atoms with Gasteiger partial charge in [0.1, 0.15) is 0 Å². The number of carbonyl (C=O) groups excluding carboxylic acids is 1. The fraction of sp³-hybridized carbons (Fsp3) is 0.125. The third-order valence-electron chi connectivity index (χ3n) is 4.84. The molecule has 0 fully saturated rings. The predicted molar refractivity (Wildman–Crippen MR) is 127 cm³/mol. The van der Waals surface area contributed by atoms with Gasteiger partial charge < -0.3 is 9.88 Å². The molecule has 1 aromatic heterocycles. The number of para-hydroxylation sites is 1. The summed E-state index contributed by atoms with van der Waals surface area (Å²) in [5, 5.41) is 5.59. The van der Waals surface area contributed by atoms with Crippen LogP contribution in [0.2, 0.25) is 10.0 Å². The molecule has 4 rings (SSSR count). The Kier molecular flexibility index (Phi) is 6.68. The van der Waals surface area contributed by atoms with Gasteiger partial charge in [0.25, 0.3) is 5.91 Å². The van der Waals surface area contributed by atoms with Crippen molar-refractivity contribution in [2.45, 2.75) is 17.2 Å². The molecule has 1 amide bonds. The molecule has 0 atom stereocenters. The summed E-state index contributed by atoms with van der Waals surface area (Å²) < 4.78 is 2.19. The first kappa shape index (κ1) is 20.9. The second-order valence-corrected chi connectivity index (χ2v) is 8.71. The molecule has 0 saturated heterocycles. The molecule has 0 aliphatic carbocycles. The molecule has 0 spiro atoms. The number of amides is 1. The van der Waals surface area contributed by atoms with Gasteiger partial charge in [0.15, 0.2) is 0 Å². The van der Waals surface area contributed by atoms with E-state index < -0.39 is 0 Å². The van der Waals surface area contributed by atoms with E-state index in [1.165, 1.54) is 10.3 Å². The average Bonchev–Trinajstić information content (AvgIpc) is 3.11. The van der Waals surface area contributed by atoms with E-state index in [1.54, 1.807) is 36.0 Å². The Balaban J connectivity index is 1.44. The van der Waals surface area contributed by atoms with Crippen LogP contribution in [-0.4, -0.2) is 17.0 Å². The van der Waals surface area contributed by atoms with Crippen LogP contribution >= 0.6 is 35.0 Å². The van der Waals surface area contributed by atoms with Gasteiger partial charge >= 0.3 is 0 Å². The molecule has 4 aromatic rings. The maximum absolute atomic E-state index is 12.3.